The Bertz CT molecular complexity index is 459. The zero-order chi connectivity index (χ0) is 13.8. The van der Waals surface area contributed by atoms with E-state index in [9.17, 15) is 4.79 Å². The topological polar surface area (TPSA) is 49.8 Å². The van der Waals surface area contributed by atoms with Crippen LogP contribution in [0.25, 0.3) is 0 Å². The Balaban J connectivity index is 2.11. The van der Waals surface area contributed by atoms with Crippen molar-refractivity contribution in [2.45, 2.75) is 32.8 Å². The molecule has 0 saturated carbocycles. The molecular formula is C15H21NO3. The Morgan fingerprint density at radius 1 is 1.37 bits per heavy atom. The summed E-state index contributed by atoms with van der Waals surface area (Å²) in [5.74, 6) is 0.00324. The van der Waals surface area contributed by atoms with E-state index in [1.54, 1.807) is 4.90 Å². The van der Waals surface area contributed by atoms with Crippen molar-refractivity contribution in [3.05, 3.63) is 29.3 Å². The number of rotatable bonds is 4. The lowest BCUT2D eigenvalue weighted by Gasteiger charge is -2.33. The standard InChI is InChI=1S/C15H21NO3/c1-11-5-6-13(8-12(11)2)16-9-14(4-3-7-17)19-10-15(16)18/h5-6,8,14,17H,3-4,7,9-10H2,1-2H3. The third-order valence-corrected chi connectivity index (χ3v) is 3.62. The Morgan fingerprint density at radius 3 is 2.84 bits per heavy atom. The van der Waals surface area contributed by atoms with Crippen LogP contribution in [0.3, 0.4) is 0 Å². The number of ether oxygens (including phenoxy) is 1. The van der Waals surface area contributed by atoms with Gasteiger partial charge in [-0.2, -0.15) is 0 Å². The van der Waals surface area contributed by atoms with Crippen LogP contribution < -0.4 is 4.90 Å². The second kappa shape index (κ2) is 6.17. The van der Waals surface area contributed by atoms with Gasteiger partial charge in [-0.15, -0.1) is 0 Å². The van der Waals surface area contributed by atoms with E-state index in [1.165, 1.54) is 11.1 Å². The van der Waals surface area contributed by atoms with Crippen molar-refractivity contribution in [3.63, 3.8) is 0 Å². The van der Waals surface area contributed by atoms with Crippen molar-refractivity contribution in [1.29, 1.82) is 0 Å². The molecule has 1 atom stereocenters. The molecule has 0 aliphatic carbocycles. The minimum atomic E-state index is 0.00324. The minimum absolute atomic E-state index is 0.00324. The van der Waals surface area contributed by atoms with E-state index in [0.717, 1.165) is 12.1 Å². The number of aryl methyl sites for hydroxylation is 2. The lowest BCUT2D eigenvalue weighted by atomic mass is 10.1. The molecule has 1 N–H and O–H groups in total. The molecule has 1 aliphatic heterocycles. The molecule has 0 spiro atoms. The molecular weight excluding hydrogens is 242 g/mol. The van der Waals surface area contributed by atoms with Crippen LogP contribution >= 0.6 is 0 Å². The molecule has 4 heteroatoms. The summed E-state index contributed by atoms with van der Waals surface area (Å²) in [6.45, 7) is 4.97. The zero-order valence-electron chi connectivity index (χ0n) is 11.6. The highest BCUT2D eigenvalue weighted by Gasteiger charge is 2.27. The van der Waals surface area contributed by atoms with E-state index in [-0.39, 0.29) is 25.2 Å². The van der Waals surface area contributed by atoms with Gasteiger partial charge in [0.05, 0.1) is 12.6 Å². The van der Waals surface area contributed by atoms with E-state index in [1.807, 2.05) is 25.1 Å². The first-order valence-electron chi connectivity index (χ1n) is 6.72. The molecule has 19 heavy (non-hydrogen) atoms. The van der Waals surface area contributed by atoms with Crippen molar-refractivity contribution in [3.8, 4) is 0 Å². The molecule has 1 aliphatic rings. The first-order valence-corrected chi connectivity index (χ1v) is 6.72. The lowest BCUT2D eigenvalue weighted by molar-refractivity contribution is -0.129. The van der Waals surface area contributed by atoms with Gasteiger partial charge < -0.3 is 14.7 Å². The van der Waals surface area contributed by atoms with Crippen LogP contribution in [0.2, 0.25) is 0 Å². The number of benzene rings is 1. The van der Waals surface area contributed by atoms with Gasteiger partial charge in [-0.25, -0.2) is 0 Å². The number of carbonyl (C=O) groups is 1. The first-order chi connectivity index (χ1) is 9.11. The largest absolute Gasteiger partial charge is 0.396 e. The highest BCUT2D eigenvalue weighted by atomic mass is 16.5. The molecule has 2 rings (SSSR count). The molecule has 1 saturated heterocycles. The van der Waals surface area contributed by atoms with E-state index >= 15 is 0 Å². The molecule has 1 unspecified atom stereocenters. The van der Waals surface area contributed by atoms with Gasteiger partial charge in [0.15, 0.2) is 0 Å². The second-order valence-electron chi connectivity index (χ2n) is 5.07. The molecule has 0 radical (unpaired) electrons. The van der Waals surface area contributed by atoms with Crippen LogP contribution in [0.4, 0.5) is 5.69 Å². The van der Waals surface area contributed by atoms with Crippen molar-refractivity contribution in [2.24, 2.45) is 0 Å². The Labute approximate surface area is 114 Å². The SMILES string of the molecule is Cc1ccc(N2CC(CCCO)OCC2=O)cc1C. The van der Waals surface area contributed by atoms with Gasteiger partial charge in [0.2, 0.25) is 0 Å². The number of amides is 1. The van der Waals surface area contributed by atoms with Crippen LogP contribution in [0, 0.1) is 13.8 Å². The fourth-order valence-electron chi connectivity index (χ4n) is 2.26. The van der Waals surface area contributed by atoms with Crippen LogP contribution in [0.5, 0.6) is 0 Å². The number of hydrogen-bond acceptors (Lipinski definition) is 3. The molecule has 1 amide bonds. The smallest absolute Gasteiger partial charge is 0.253 e. The Morgan fingerprint density at radius 2 is 2.16 bits per heavy atom. The molecule has 104 valence electrons. The monoisotopic (exact) mass is 263 g/mol. The van der Waals surface area contributed by atoms with Gasteiger partial charge in [0.25, 0.3) is 5.91 Å². The molecule has 1 fully saturated rings. The van der Waals surface area contributed by atoms with Gasteiger partial charge >= 0.3 is 0 Å². The van der Waals surface area contributed by atoms with E-state index in [2.05, 4.69) is 6.92 Å². The summed E-state index contributed by atoms with van der Waals surface area (Å²) in [6.07, 6.45) is 1.51. The quantitative estimate of drug-likeness (QED) is 0.901. The Kier molecular flexibility index (Phi) is 4.56. The van der Waals surface area contributed by atoms with Gasteiger partial charge in [-0.3, -0.25) is 4.79 Å². The number of aliphatic hydroxyl groups excluding tert-OH is 1. The molecule has 4 nitrogen and oxygen atoms in total. The normalized spacial score (nSPS) is 19.8. The van der Waals surface area contributed by atoms with Crippen molar-refractivity contribution in [2.75, 3.05) is 24.7 Å². The number of aliphatic hydroxyl groups is 1. The van der Waals surface area contributed by atoms with Gasteiger partial charge in [0, 0.05) is 12.3 Å². The molecule has 1 heterocycles. The zero-order valence-corrected chi connectivity index (χ0v) is 11.6. The summed E-state index contributed by atoms with van der Waals surface area (Å²) in [4.78, 5) is 13.8. The van der Waals surface area contributed by atoms with Crippen LogP contribution in [0.1, 0.15) is 24.0 Å². The van der Waals surface area contributed by atoms with Crippen LogP contribution in [0.15, 0.2) is 18.2 Å². The number of nitrogens with zero attached hydrogens (tertiary/aromatic N) is 1. The second-order valence-corrected chi connectivity index (χ2v) is 5.07. The predicted octanol–water partition coefficient (Wildman–Crippen LogP) is 1.81. The van der Waals surface area contributed by atoms with Crippen LogP contribution in [-0.4, -0.2) is 36.9 Å². The number of hydrogen-bond donors (Lipinski definition) is 1. The lowest BCUT2D eigenvalue weighted by Crippen LogP contribution is -2.46. The molecule has 1 aromatic carbocycles. The van der Waals surface area contributed by atoms with Crippen molar-refractivity contribution < 1.29 is 14.6 Å². The summed E-state index contributed by atoms with van der Waals surface area (Å²) >= 11 is 0. The Hall–Kier alpha value is -1.39. The maximum Gasteiger partial charge on any atom is 0.253 e. The van der Waals surface area contributed by atoms with Crippen molar-refractivity contribution >= 4 is 11.6 Å². The van der Waals surface area contributed by atoms with Gasteiger partial charge in [-0.05, 0) is 49.9 Å². The molecule has 0 aromatic heterocycles. The summed E-state index contributed by atoms with van der Waals surface area (Å²) in [5.41, 5.74) is 3.34. The summed E-state index contributed by atoms with van der Waals surface area (Å²) in [6, 6.07) is 6.06. The van der Waals surface area contributed by atoms with Gasteiger partial charge in [0.1, 0.15) is 6.61 Å². The third-order valence-electron chi connectivity index (χ3n) is 3.62. The van der Waals surface area contributed by atoms with E-state index < -0.39 is 0 Å². The van der Waals surface area contributed by atoms with E-state index in [0.29, 0.717) is 13.0 Å². The average Bonchev–Trinajstić information content (AvgIpc) is 2.41. The fourth-order valence-corrected chi connectivity index (χ4v) is 2.26. The maximum atomic E-state index is 12.0. The summed E-state index contributed by atoms with van der Waals surface area (Å²) < 4.78 is 5.50. The highest BCUT2D eigenvalue weighted by molar-refractivity contribution is 5.95. The highest BCUT2D eigenvalue weighted by Crippen LogP contribution is 2.22. The van der Waals surface area contributed by atoms with E-state index in [4.69, 9.17) is 9.84 Å². The van der Waals surface area contributed by atoms with Gasteiger partial charge in [-0.1, -0.05) is 6.07 Å². The number of anilines is 1. The average molecular weight is 263 g/mol. The predicted molar refractivity (Wildman–Crippen MR) is 74.3 cm³/mol. The van der Waals surface area contributed by atoms with Crippen LogP contribution in [-0.2, 0) is 9.53 Å². The summed E-state index contributed by atoms with van der Waals surface area (Å²) in [7, 11) is 0. The molecule has 1 aromatic rings. The summed E-state index contributed by atoms with van der Waals surface area (Å²) in [5, 5.41) is 8.86. The first kappa shape index (κ1) is 14.0. The number of carbonyl (C=O) groups excluding carboxylic acids is 1. The van der Waals surface area contributed by atoms with Crippen molar-refractivity contribution in [1.82, 2.24) is 0 Å². The maximum absolute atomic E-state index is 12.0. The minimum Gasteiger partial charge on any atom is -0.396 e. The number of morpholine rings is 1. The molecule has 0 bridgehead atoms. The fraction of sp³-hybridized carbons (Fsp3) is 0.533. The third kappa shape index (κ3) is 3.33.